The first-order chi connectivity index (χ1) is 10.1. The van der Waals surface area contributed by atoms with Crippen molar-refractivity contribution in [2.24, 2.45) is 0 Å². The number of ether oxygens (including phenoxy) is 1. The second-order valence-electron chi connectivity index (χ2n) is 6.71. The van der Waals surface area contributed by atoms with Gasteiger partial charge in [0.15, 0.2) is 0 Å². The number of hydrogen-bond donors (Lipinski definition) is 1. The van der Waals surface area contributed by atoms with E-state index in [2.05, 4.69) is 34.6 Å². The molecule has 0 aliphatic carbocycles. The van der Waals surface area contributed by atoms with Gasteiger partial charge >= 0.3 is 0 Å². The molecule has 3 heterocycles. The standard InChI is InChI=1S/C16H27N3O2/c1-13(2)19-14(5-8-17-19)12-18-9-6-16(7-10-18)15(20)4-3-11-21-16/h5,8,13,15,20H,3-4,6-7,9-12H2,1-2H3. The van der Waals surface area contributed by atoms with Gasteiger partial charge in [0, 0.05) is 38.5 Å². The van der Waals surface area contributed by atoms with E-state index in [1.807, 2.05) is 6.20 Å². The number of likely N-dealkylation sites (tertiary alicyclic amines) is 1. The number of rotatable bonds is 3. The van der Waals surface area contributed by atoms with Gasteiger partial charge in [-0.25, -0.2) is 0 Å². The van der Waals surface area contributed by atoms with E-state index in [0.717, 1.165) is 51.9 Å². The van der Waals surface area contributed by atoms with Crippen molar-refractivity contribution in [3.05, 3.63) is 18.0 Å². The van der Waals surface area contributed by atoms with Crippen LogP contribution in [-0.4, -0.2) is 51.2 Å². The molecule has 1 aromatic heterocycles. The molecule has 1 N–H and O–H groups in total. The second-order valence-corrected chi connectivity index (χ2v) is 6.71. The number of aliphatic hydroxyl groups excluding tert-OH is 1. The molecule has 1 unspecified atom stereocenters. The third-order valence-electron chi connectivity index (χ3n) is 4.95. The van der Waals surface area contributed by atoms with E-state index < -0.39 is 0 Å². The fourth-order valence-corrected chi connectivity index (χ4v) is 3.64. The predicted molar refractivity (Wildman–Crippen MR) is 81.0 cm³/mol. The van der Waals surface area contributed by atoms with Crippen molar-refractivity contribution in [2.45, 2.75) is 63.8 Å². The van der Waals surface area contributed by atoms with Crippen molar-refractivity contribution in [3.63, 3.8) is 0 Å². The highest BCUT2D eigenvalue weighted by molar-refractivity contribution is 5.03. The number of nitrogens with zero attached hydrogens (tertiary/aromatic N) is 3. The molecule has 2 aliphatic heterocycles. The van der Waals surface area contributed by atoms with Crippen LogP contribution in [0.15, 0.2) is 12.3 Å². The number of aliphatic hydroxyl groups is 1. The maximum Gasteiger partial charge on any atom is 0.0964 e. The SMILES string of the molecule is CC(C)n1nccc1CN1CCC2(CC1)OCCCC2O. The molecule has 1 aromatic rings. The van der Waals surface area contributed by atoms with Crippen molar-refractivity contribution >= 4 is 0 Å². The zero-order chi connectivity index (χ0) is 14.9. The average Bonchev–Trinajstić information content (AvgIpc) is 2.93. The third-order valence-corrected chi connectivity index (χ3v) is 4.95. The predicted octanol–water partition coefficient (Wildman–Crippen LogP) is 1.97. The minimum atomic E-state index is -0.283. The van der Waals surface area contributed by atoms with Gasteiger partial charge in [-0.05, 0) is 45.6 Å². The highest BCUT2D eigenvalue weighted by Gasteiger charge is 2.43. The van der Waals surface area contributed by atoms with Crippen molar-refractivity contribution < 1.29 is 9.84 Å². The Morgan fingerprint density at radius 2 is 2.19 bits per heavy atom. The van der Waals surface area contributed by atoms with E-state index in [9.17, 15) is 5.11 Å². The van der Waals surface area contributed by atoms with Gasteiger partial charge in [0.25, 0.3) is 0 Å². The molecule has 0 bridgehead atoms. The molecule has 3 rings (SSSR count). The van der Waals surface area contributed by atoms with Crippen LogP contribution in [0.2, 0.25) is 0 Å². The molecule has 118 valence electrons. The second kappa shape index (κ2) is 6.07. The fourth-order valence-electron chi connectivity index (χ4n) is 3.64. The van der Waals surface area contributed by atoms with Crippen LogP contribution in [0.4, 0.5) is 0 Å². The van der Waals surface area contributed by atoms with Gasteiger partial charge in [0.1, 0.15) is 0 Å². The van der Waals surface area contributed by atoms with Gasteiger partial charge in [-0.3, -0.25) is 9.58 Å². The van der Waals surface area contributed by atoms with Gasteiger partial charge in [-0.1, -0.05) is 0 Å². The largest absolute Gasteiger partial charge is 0.390 e. The molecular formula is C16H27N3O2. The molecule has 5 nitrogen and oxygen atoms in total. The first kappa shape index (κ1) is 15.0. The van der Waals surface area contributed by atoms with E-state index in [1.54, 1.807) is 0 Å². The van der Waals surface area contributed by atoms with Crippen LogP contribution in [0, 0.1) is 0 Å². The highest BCUT2D eigenvalue weighted by Crippen LogP contribution is 2.35. The smallest absolute Gasteiger partial charge is 0.0964 e. The van der Waals surface area contributed by atoms with E-state index in [-0.39, 0.29) is 11.7 Å². The lowest BCUT2D eigenvalue weighted by Crippen LogP contribution is -2.55. The van der Waals surface area contributed by atoms with Gasteiger partial charge in [-0.2, -0.15) is 5.10 Å². The molecular weight excluding hydrogens is 266 g/mol. The summed E-state index contributed by atoms with van der Waals surface area (Å²) in [6.07, 6.45) is 5.35. The summed E-state index contributed by atoms with van der Waals surface area (Å²) < 4.78 is 8.06. The highest BCUT2D eigenvalue weighted by atomic mass is 16.5. The maximum atomic E-state index is 10.3. The van der Waals surface area contributed by atoms with Crippen molar-refractivity contribution in [1.29, 1.82) is 0 Å². The van der Waals surface area contributed by atoms with Crippen LogP contribution >= 0.6 is 0 Å². The zero-order valence-electron chi connectivity index (χ0n) is 13.2. The Kier molecular flexibility index (Phi) is 4.33. The summed E-state index contributed by atoms with van der Waals surface area (Å²) in [6, 6.07) is 2.51. The van der Waals surface area contributed by atoms with Gasteiger partial charge < -0.3 is 9.84 Å². The molecule has 21 heavy (non-hydrogen) atoms. The molecule has 5 heteroatoms. The van der Waals surface area contributed by atoms with Crippen molar-refractivity contribution in [2.75, 3.05) is 19.7 Å². The minimum Gasteiger partial charge on any atom is -0.390 e. The fraction of sp³-hybridized carbons (Fsp3) is 0.812. The maximum absolute atomic E-state index is 10.3. The molecule has 2 fully saturated rings. The van der Waals surface area contributed by atoms with E-state index in [4.69, 9.17) is 4.74 Å². The normalized spacial score (nSPS) is 26.6. The first-order valence-corrected chi connectivity index (χ1v) is 8.17. The minimum absolute atomic E-state index is 0.271. The third kappa shape index (κ3) is 3.00. The Morgan fingerprint density at radius 1 is 1.43 bits per heavy atom. The van der Waals surface area contributed by atoms with Crippen LogP contribution in [0.3, 0.4) is 0 Å². The lowest BCUT2D eigenvalue weighted by molar-refractivity contribution is -0.177. The molecule has 0 aromatic carbocycles. The Morgan fingerprint density at radius 3 is 2.86 bits per heavy atom. The van der Waals surface area contributed by atoms with E-state index in [0.29, 0.717) is 6.04 Å². The van der Waals surface area contributed by atoms with Crippen LogP contribution in [0.25, 0.3) is 0 Å². The van der Waals surface area contributed by atoms with Gasteiger partial charge in [0.05, 0.1) is 17.4 Å². The summed E-state index contributed by atoms with van der Waals surface area (Å²) in [5, 5.41) is 14.7. The summed E-state index contributed by atoms with van der Waals surface area (Å²) in [6.45, 7) is 8.03. The molecule has 1 atom stereocenters. The van der Waals surface area contributed by atoms with Crippen molar-refractivity contribution in [1.82, 2.24) is 14.7 Å². The Labute approximate surface area is 126 Å². The number of piperidine rings is 1. The molecule has 2 saturated heterocycles. The summed E-state index contributed by atoms with van der Waals surface area (Å²) in [5.74, 6) is 0. The van der Waals surface area contributed by atoms with Crippen LogP contribution in [-0.2, 0) is 11.3 Å². The molecule has 0 saturated carbocycles. The van der Waals surface area contributed by atoms with E-state index in [1.165, 1.54) is 5.69 Å². The summed E-state index contributed by atoms with van der Waals surface area (Å²) in [5.41, 5.74) is 0.999. The van der Waals surface area contributed by atoms with Crippen LogP contribution in [0.5, 0.6) is 0 Å². The number of hydrogen-bond acceptors (Lipinski definition) is 4. The molecule has 0 radical (unpaired) electrons. The average molecular weight is 293 g/mol. The number of aromatic nitrogens is 2. The van der Waals surface area contributed by atoms with Gasteiger partial charge in [0.2, 0.25) is 0 Å². The molecule has 2 aliphatic rings. The summed E-state index contributed by atoms with van der Waals surface area (Å²) in [4.78, 5) is 2.45. The lowest BCUT2D eigenvalue weighted by atomic mass is 9.82. The topological polar surface area (TPSA) is 50.5 Å². The summed E-state index contributed by atoms with van der Waals surface area (Å²) >= 11 is 0. The van der Waals surface area contributed by atoms with E-state index >= 15 is 0 Å². The molecule has 0 amide bonds. The Bertz CT molecular complexity index is 464. The van der Waals surface area contributed by atoms with Gasteiger partial charge in [-0.15, -0.1) is 0 Å². The van der Waals surface area contributed by atoms with Crippen LogP contribution < -0.4 is 0 Å². The Hall–Kier alpha value is -0.910. The van der Waals surface area contributed by atoms with Crippen molar-refractivity contribution in [3.8, 4) is 0 Å². The summed E-state index contributed by atoms with van der Waals surface area (Å²) in [7, 11) is 0. The monoisotopic (exact) mass is 293 g/mol. The molecule has 1 spiro atoms. The lowest BCUT2D eigenvalue weighted by Gasteiger charge is -2.46. The van der Waals surface area contributed by atoms with Crippen LogP contribution in [0.1, 0.15) is 51.3 Å². The first-order valence-electron chi connectivity index (χ1n) is 8.17. The Balaban J connectivity index is 1.60. The zero-order valence-corrected chi connectivity index (χ0v) is 13.2. The quantitative estimate of drug-likeness (QED) is 0.926.